The predicted molar refractivity (Wildman–Crippen MR) is 77.3 cm³/mol. The van der Waals surface area contributed by atoms with Crippen molar-refractivity contribution in [2.45, 2.75) is 46.4 Å². The average molecular weight is 271 g/mol. The zero-order valence-electron chi connectivity index (χ0n) is 11.9. The maximum Gasteiger partial charge on any atom is 0.169 e. The standard InChI is InChI=1S/C14H25NO2S/c1-5-16-14(17-6-2)10-15-11(3)9-13-8-7-12(4)18-13/h7-8,11,14-15H,5-6,9-10H2,1-4H3. The summed E-state index contributed by atoms with van der Waals surface area (Å²) in [5.41, 5.74) is 0. The van der Waals surface area contributed by atoms with E-state index in [1.165, 1.54) is 9.75 Å². The molecule has 1 unspecified atom stereocenters. The Kier molecular flexibility index (Phi) is 7.51. The molecular formula is C14H25NO2S. The van der Waals surface area contributed by atoms with Crippen molar-refractivity contribution in [2.24, 2.45) is 0 Å². The number of rotatable bonds is 9. The van der Waals surface area contributed by atoms with Crippen LogP contribution >= 0.6 is 11.3 Å². The quantitative estimate of drug-likeness (QED) is 0.700. The van der Waals surface area contributed by atoms with E-state index < -0.39 is 0 Å². The van der Waals surface area contributed by atoms with E-state index in [1.807, 2.05) is 25.2 Å². The molecular weight excluding hydrogens is 246 g/mol. The number of hydrogen-bond donors (Lipinski definition) is 1. The van der Waals surface area contributed by atoms with Gasteiger partial charge >= 0.3 is 0 Å². The Morgan fingerprint density at radius 2 is 1.89 bits per heavy atom. The third-order valence-electron chi connectivity index (χ3n) is 2.64. The second-order valence-corrected chi connectivity index (χ2v) is 5.74. The maximum absolute atomic E-state index is 5.50. The molecule has 0 aliphatic heterocycles. The van der Waals surface area contributed by atoms with Crippen molar-refractivity contribution < 1.29 is 9.47 Å². The molecule has 0 saturated carbocycles. The van der Waals surface area contributed by atoms with Crippen molar-refractivity contribution in [3.8, 4) is 0 Å². The normalized spacial score (nSPS) is 13.2. The molecule has 4 heteroatoms. The van der Waals surface area contributed by atoms with Gasteiger partial charge in [-0.15, -0.1) is 11.3 Å². The summed E-state index contributed by atoms with van der Waals surface area (Å²) < 4.78 is 11.0. The van der Waals surface area contributed by atoms with Crippen molar-refractivity contribution >= 4 is 11.3 Å². The Morgan fingerprint density at radius 1 is 1.22 bits per heavy atom. The number of hydrogen-bond acceptors (Lipinski definition) is 4. The molecule has 0 aromatic carbocycles. The van der Waals surface area contributed by atoms with E-state index in [9.17, 15) is 0 Å². The van der Waals surface area contributed by atoms with E-state index in [0.717, 1.165) is 13.0 Å². The fourth-order valence-electron chi connectivity index (χ4n) is 1.80. The van der Waals surface area contributed by atoms with Crippen LogP contribution in [0, 0.1) is 6.92 Å². The van der Waals surface area contributed by atoms with Gasteiger partial charge in [0, 0.05) is 35.6 Å². The molecule has 0 aliphatic rings. The molecule has 1 rings (SSSR count). The van der Waals surface area contributed by atoms with Gasteiger partial charge in [-0.2, -0.15) is 0 Å². The SMILES string of the molecule is CCOC(CNC(C)Cc1ccc(C)s1)OCC. The van der Waals surface area contributed by atoms with Crippen molar-refractivity contribution in [3.05, 3.63) is 21.9 Å². The fraction of sp³-hybridized carbons (Fsp3) is 0.714. The zero-order chi connectivity index (χ0) is 13.4. The smallest absolute Gasteiger partial charge is 0.169 e. The lowest BCUT2D eigenvalue weighted by Crippen LogP contribution is -2.37. The molecule has 0 spiro atoms. The minimum Gasteiger partial charge on any atom is -0.352 e. The average Bonchev–Trinajstić information content (AvgIpc) is 2.72. The number of ether oxygens (including phenoxy) is 2. The zero-order valence-corrected chi connectivity index (χ0v) is 12.7. The topological polar surface area (TPSA) is 30.5 Å². The molecule has 1 N–H and O–H groups in total. The Hall–Kier alpha value is -0.420. The minimum atomic E-state index is -0.132. The third-order valence-corrected chi connectivity index (χ3v) is 3.66. The second-order valence-electron chi connectivity index (χ2n) is 4.37. The molecule has 1 atom stereocenters. The van der Waals surface area contributed by atoms with Crippen LogP contribution in [0.15, 0.2) is 12.1 Å². The molecule has 3 nitrogen and oxygen atoms in total. The van der Waals surface area contributed by atoms with Crippen LogP contribution in [0.4, 0.5) is 0 Å². The molecule has 0 bridgehead atoms. The fourth-order valence-corrected chi connectivity index (χ4v) is 2.82. The van der Waals surface area contributed by atoms with Crippen LogP contribution in [-0.4, -0.2) is 32.1 Å². The Morgan fingerprint density at radius 3 is 2.39 bits per heavy atom. The highest BCUT2D eigenvalue weighted by Gasteiger charge is 2.10. The third kappa shape index (κ3) is 5.96. The number of nitrogens with one attached hydrogen (secondary N) is 1. The van der Waals surface area contributed by atoms with Gasteiger partial charge in [-0.3, -0.25) is 0 Å². The second kappa shape index (κ2) is 8.64. The summed E-state index contributed by atoms with van der Waals surface area (Å²) in [6.07, 6.45) is 0.927. The van der Waals surface area contributed by atoms with E-state index in [-0.39, 0.29) is 6.29 Å². The summed E-state index contributed by atoms with van der Waals surface area (Å²) in [5, 5.41) is 3.47. The van der Waals surface area contributed by atoms with Gasteiger partial charge < -0.3 is 14.8 Å². The van der Waals surface area contributed by atoms with Crippen LogP contribution in [0.25, 0.3) is 0 Å². The molecule has 1 aromatic heterocycles. The molecule has 1 aromatic rings. The molecule has 0 amide bonds. The first-order valence-electron chi connectivity index (χ1n) is 6.67. The van der Waals surface area contributed by atoms with Crippen LogP contribution in [0.5, 0.6) is 0 Å². The van der Waals surface area contributed by atoms with Gasteiger partial charge in [-0.25, -0.2) is 0 Å². The first-order valence-corrected chi connectivity index (χ1v) is 7.49. The summed E-state index contributed by atoms with van der Waals surface area (Å²) in [6.45, 7) is 10.4. The Balaban J connectivity index is 2.28. The van der Waals surface area contributed by atoms with Gasteiger partial charge in [0.25, 0.3) is 0 Å². The molecule has 104 valence electrons. The highest BCUT2D eigenvalue weighted by Crippen LogP contribution is 2.16. The summed E-state index contributed by atoms with van der Waals surface area (Å²) in [5.74, 6) is 0. The van der Waals surface area contributed by atoms with Crippen molar-refractivity contribution in [3.63, 3.8) is 0 Å². The van der Waals surface area contributed by atoms with Gasteiger partial charge in [0.05, 0.1) is 0 Å². The van der Waals surface area contributed by atoms with Gasteiger partial charge in [0.2, 0.25) is 0 Å². The van der Waals surface area contributed by atoms with E-state index in [1.54, 1.807) is 0 Å². The summed E-state index contributed by atoms with van der Waals surface area (Å²) in [7, 11) is 0. The van der Waals surface area contributed by atoms with Gasteiger partial charge in [0.15, 0.2) is 6.29 Å². The van der Waals surface area contributed by atoms with Crippen molar-refractivity contribution in [1.29, 1.82) is 0 Å². The van der Waals surface area contributed by atoms with Crippen molar-refractivity contribution in [2.75, 3.05) is 19.8 Å². The number of thiophene rings is 1. The monoisotopic (exact) mass is 271 g/mol. The maximum atomic E-state index is 5.50. The van der Waals surface area contributed by atoms with Crippen LogP contribution in [0.3, 0.4) is 0 Å². The largest absolute Gasteiger partial charge is 0.352 e. The number of aryl methyl sites for hydroxylation is 1. The highest BCUT2D eigenvalue weighted by molar-refractivity contribution is 7.11. The molecule has 0 radical (unpaired) electrons. The van der Waals surface area contributed by atoms with Gasteiger partial charge in [-0.1, -0.05) is 0 Å². The molecule has 1 heterocycles. The lowest BCUT2D eigenvalue weighted by atomic mass is 10.2. The molecule has 0 saturated heterocycles. The van der Waals surface area contributed by atoms with Crippen LogP contribution < -0.4 is 5.32 Å². The molecule has 18 heavy (non-hydrogen) atoms. The van der Waals surface area contributed by atoms with E-state index in [4.69, 9.17) is 9.47 Å². The minimum absolute atomic E-state index is 0.132. The first-order chi connectivity index (χ1) is 8.65. The molecule has 0 fully saturated rings. The van der Waals surface area contributed by atoms with Gasteiger partial charge in [0.1, 0.15) is 0 Å². The summed E-state index contributed by atoms with van der Waals surface area (Å²) in [4.78, 5) is 2.80. The highest BCUT2D eigenvalue weighted by atomic mass is 32.1. The van der Waals surface area contributed by atoms with Gasteiger partial charge in [-0.05, 0) is 46.2 Å². The van der Waals surface area contributed by atoms with E-state index in [2.05, 4.69) is 31.3 Å². The van der Waals surface area contributed by atoms with E-state index >= 15 is 0 Å². The van der Waals surface area contributed by atoms with Crippen LogP contribution in [0.2, 0.25) is 0 Å². The van der Waals surface area contributed by atoms with E-state index in [0.29, 0.717) is 19.3 Å². The van der Waals surface area contributed by atoms with Crippen molar-refractivity contribution in [1.82, 2.24) is 5.32 Å². The summed E-state index contributed by atoms with van der Waals surface area (Å²) >= 11 is 1.87. The predicted octanol–water partition coefficient (Wildman–Crippen LogP) is 2.98. The molecule has 0 aliphatic carbocycles. The Labute approximate surface area is 114 Å². The first kappa shape index (κ1) is 15.6. The van der Waals surface area contributed by atoms with Crippen LogP contribution in [0.1, 0.15) is 30.5 Å². The summed E-state index contributed by atoms with van der Waals surface area (Å²) in [6, 6.07) is 4.82. The lowest BCUT2D eigenvalue weighted by Gasteiger charge is -2.20. The Bertz CT molecular complexity index is 321. The lowest BCUT2D eigenvalue weighted by molar-refractivity contribution is -0.133. The van der Waals surface area contributed by atoms with Crippen LogP contribution in [-0.2, 0) is 15.9 Å².